The number of hydrogen-bond donors (Lipinski definition) is 2. The summed E-state index contributed by atoms with van der Waals surface area (Å²) in [7, 11) is 0. The van der Waals surface area contributed by atoms with E-state index in [1.807, 2.05) is 23.6 Å². The van der Waals surface area contributed by atoms with Gasteiger partial charge in [0.25, 0.3) is 0 Å². The third-order valence-corrected chi connectivity index (χ3v) is 4.03. The van der Waals surface area contributed by atoms with E-state index in [4.69, 9.17) is 0 Å². The quantitative estimate of drug-likeness (QED) is 0.821. The standard InChI is InChI=1S/C16H21N3O2S/c1-11(2)7-12(9-20)18-15(21)8-13-10-22-16(19-13)14-5-3-4-6-17-14/h3-6,10-12,20H,7-9H2,1-2H3,(H,18,21). The van der Waals surface area contributed by atoms with Crippen molar-refractivity contribution in [2.45, 2.75) is 32.7 Å². The van der Waals surface area contributed by atoms with Crippen LogP contribution >= 0.6 is 11.3 Å². The summed E-state index contributed by atoms with van der Waals surface area (Å²) in [6, 6.07) is 5.47. The van der Waals surface area contributed by atoms with Crippen LogP contribution in [0.2, 0.25) is 0 Å². The number of carbonyl (C=O) groups is 1. The van der Waals surface area contributed by atoms with Gasteiger partial charge in [-0.15, -0.1) is 11.3 Å². The second kappa shape index (κ2) is 8.00. The Morgan fingerprint density at radius 2 is 2.23 bits per heavy atom. The first-order valence-corrected chi connectivity index (χ1v) is 8.22. The SMILES string of the molecule is CC(C)CC(CO)NC(=O)Cc1csc(-c2ccccn2)n1. The fraction of sp³-hybridized carbons (Fsp3) is 0.438. The van der Waals surface area contributed by atoms with Crippen molar-refractivity contribution in [2.24, 2.45) is 5.92 Å². The zero-order valence-corrected chi connectivity index (χ0v) is 13.6. The molecule has 0 aromatic carbocycles. The van der Waals surface area contributed by atoms with Crippen LogP contribution in [0.15, 0.2) is 29.8 Å². The fourth-order valence-electron chi connectivity index (χ4n) is 2.19. The number of nitrogens with zero attached hydrogens (tertiary/aromatic N) is 2. The molecule has 2 heterocycles. The highest BCUT2D eigenvalue weighted by atomic mass is 32.1. The summed E-state index contributed by atoms with van der Waals surface area (Å²) in [6.45, 7) is 4.09. The van der Waals surface area contributed by atoms with Crippen LogP contribution in [0, 0.1) is 5.92 Å². The molecule has 2 rings (SSSR count). The van der Waals surface area contributed by atoms with Gasteiger partial charge < -0.3 is 10.4 Å². The Kier molecular flexibility index (Phi) is 6.03. The largest absolute Gasteiger partial charge is 0.394 e. The lowest BCUT2D eigenvalue weighted by Crippen LogP contribution is -2.39. The first-order chi connectivity index (χ1) is 10.6. The molecule has 0 saturated heterocycles. The van der Waals surface area contributed by atoms with E-state index in [0.717, 1.165) is 22.8 Å². The minimum atomic E-state index is -0.193. The second-order valence-corrected chi connectivity index (χ2v) is 6.47. The number of aromatic nitrogens is 2. The van der Waals surface area contributed by atoms with Crippen molar-refractivity contribution in [2.75, 3.05) is 6.61 Å². The molecule has 6 heteroatoms. The van der Waals surface area contributed by atoms with E-state index in [1.54, 1.807) is 6.20 Å². The number of nitrogens with one attached hydrogen (secondary N) is 1. The van der Waals surface area contributed by atoms with Gasteiger partial charge >= 0.3 is 0 Å². The Bertz CT molecular complexity index is 598. The van der Waals surface area contributed by atoms with E-state index >= 15 is 0 Å². The van der Waals surface area contributed by atoms with Gasteiger partial charge in [-0.05, 0) is 24.5 Å². The third-order valence-electron chi connectivity index (χ3n) is 3.12. The molecular weight excluding hydrogens is 298 g/mol. The van der Waals surface area contributed by atoms with Gasteiger partial charge in [0.1, 0.15) is 5.01 Å². The first kappa shape index (κ1) is 16.6. The molecule has 0 aliphatic rings. The number of thiazole rings is 1. The molecule has 5 nitrogen and oxygen atoms in total. The lowest BCUT2D eigenvalue weighted by molar-refractivity contribution is -0.121. The predicted molar refractivity (Wildman–Crippen MR) is 87.5 cm³/mol. The minimum absolute atomic E-state index is 0.0415. The maximum Gasteiger partial charge on any atom is 0.226 e. The van der Waals surface area contributed by atoms with E-state index in [0.29, 0.717) is 5.92 Å². The first-order valence-electron chi connectivity index (χ1n) is 7.34. The predicted octanol–water partition coefficient (Wildman–Crippen LogP) is 2.27. The monoisotopic (exact) mass is 319 g/mol. The third kappa shape index (κ3) is 4.89. The van der Waals surface area contributed by atoms with Crippen molar-refractivity contribution < 1.29 is 9.90 Å². The van der Waals surface area contributed by atoms with Crippen molar-refractivity contribution in [3.8, 4) is 10.7 Å². The minimum Gasteiger partial charge on any atom is -0.394 e. The molecule has 1 atom stereocenters. The highest BCUT2D eigenvalue weighted by molar-refractivity contribution is 7.13. The molecule has 1 unspecified atom stereocenters. The molecular formula is C16H21N3O2S. The van der Waals surface area contributed by atoms with Crippen molar-refractivity contribution in [3.05, 3.63) is 35.5 Å². The summed E-state index contributed by atoms with van der Waals surface area (Å²) in [5.41, 5.74) is 1.54. The molecule has 0 saturated carbocycles. The Balaban J connectivity index is 1.94. The highest BCUT2D eigenvalue weighted by Crippen LogP contribution is 2.21. The van der Waals surface area contributed by atoms with Gasteiger partial charge in [0.05, 0.1) is 30.5 Å². The average Bonchev–Trinajstić information content (AvgIpc) is 2.95. The number of rotatable bonds is 7. The summed E-state index contributed by atoms with van der Waals surface area (Å²) < 4.78 is 0. The number of aliphatic hydroxyl groups excluding tert-OH is 1. The molecule has 0 radical (unpaired) electrons. The van der Waals surface area contributed by atoms with E-state index in [9.17, 15) is 9.90 Å². The molecule has 0 aliphatic carbocycles. The fourth-order valence-corrected chi connectivity index (χ4v) is 2.98. The summed E-state index contributed by atoms with van der Waals surface area (Å²) in [4.78, 5) is 20.7. The van der Waals surface area contributed by atoms with Gasteiger partial charge in [-0.2, -0.15) is 0 Å². The summed E-state index contributed by atoms with van der Waals surface area (Å²) in [5.74, 6) is 0.310. The highest BCUT2D eigenvalue weighted by Gasteiger charge is 2.15. The van der Waals surface area contributed by atoms with Gasteiger partial charge in [-0.3, -0.25) is 9.78 Å². The normalized spacial score (nSPS) is 12.4. The topological polar surface area (TPSA) is 75.1 Å². The lowest BCUT2D eigenvalue weighted by Gasteiger charge is -2.17. The van der Waals surface area contributed by atoms with Crippen molar-refractivity contribution in [3.63, 3.8) is 0 Å². The molecule has 2 aromatic heterocycles. The Hall–Kier alpha value is -1.79. The summed E-state index contributed by atoms with van der Waals surface area (Å²) in [5, 5.41) is 14.8. The van der Waals surface area contributed by atoms with Gasteiger partial charge in [-0.25, -0.2) is 4.98 Å². The van der Waals surface area contributed by atoms with Crippen LogP contribution in [-0.2, 0) is 11.2 Å². The van der Waals surface area contributed by atoms with E-state index in [2.05, 4.69) is 29.1 Å². The number of carbonyl (C=O) groups excluding carboxylic acids is 1. The number of aliphatic hydroxyl groups is 1. The molecule has 2 N–H and O–H groups in total. The molecule has 2 aromatic rings. The van der Waals surface area contributed by atoms with Gasteiger partial charge in [-0.1, -0.05) is 19.9 Å². The Labute approximate surface area is 134 Å². The van der Waals surface area contributed by atoms with E-state index in [-0.39, 0.29) is 25.0 Å². The van der Waals surface area contributed by atoms with Gasteiger partial charge in [0.15, 0.2) is 0 Å². The molecule has 0 aliphatic heterocycles. The zero-order chi connectivity index (χ0) is 15.9. The number of pyridine rings is 1. The van der Waals surface area contributed by atoms with Crippen LogP contribution < -0.4 is 5.32 Å². The summed E-state index contributed by atoms with van der Waals surface area (Å²) >= 11 is 1.48. The lowest BCUT2D eigenvalue weighted by atomic mass is 10.0. The zero-order valence-electron chi connectivity index (χ0n) is 12.8. The molecule has 0 bridgehead atoms. The summed E-state index contributed by atoms with van der Waals surface area (Å²) in [6.07, 6.45) is 2.71. The van der Waals surface area contributed by atoms with Crippen molar-refractivity contribution in [1.82, 2.24) is 15.3 Å². The van der Waals surface area contributed by atoms with E-state index in [1.165, 1.54) is 11.3 Å². The molecule has 0 spiro atoms. The second-order valence-electron chi connectivity index (χ2n) is 5.61. The smallest absolute Gasteiger partial charge is 0.226 e. The number of amides is 1. The molecule has 0 fully saturated rings. The molecule has 22 heavy (non-hydrogen) atoms. The Morgan fingerprint density at radius 3 is 2.86 bits per heavy atom. The van der Waals surface area contributed by atoms with E-state index < -0.39 is 0 Å². The van der Waals surface area contributed by atoms with Crippen LogP contribution in [0.5, 0.6) is 0 Å². The Morgan fingerprint density at radius 1 is 1.41 bits per heavy atom. The van der Waals surface area contributed by atoms with Crippen molar-refractivity contribution in [1.29, 1.82) is 0 Å². The van der Waals surface area contributed by atoms with Gasteiger partial charge in [0, 0.05) is 11.6 Å². The van der Waals surface area contributed by atoms with Crippen molar-refractivity contribution >= 4 is 17.2 Å². The van der Waals surface area contributed by atoms with Crippen LogP contribution in [0.3, 0.4) is 0 Å². The van der Waals surface area contributed by atoms with Crippen LogP contribution in [0.1, 0.15) is 26.0 Å². The maximum absolute atomic E-state index is 12.0. The van der Waals surface area contributed by atoms with Crippen LogP contribution in [0.4, 0.5) is 0 Å². The van der Waals surface area contributed by atoms with Crippen LogP contribution in [-0.4, -0.2) is 33.6 Å². The van der Waals surface area contributed by atoms with Gasteiger partial charge in [0.2, 0.25) is 5.91 Å². The average molecular weight is 319 g/mol. The van der Waals surface area contributed by atoms with Crippen LogP contribution in [0.25, 0.3) is 10.7 Å². The number of hydrogen-bond acceptors (Lipinski definition) is 5. The molecule has 118 valence electrons. The maximum atomic E-state index is 12.0. The molecule has 1 amide bonds.